The van der Waals surface area contributed by atoms with Gasteiger partial charge in [-0.15, -0.1) is 0 Å². The number of carbonyl (C=O) groups is 1. The highest BCUT2D eigenvalue weighted by molar-refractivity contribution is 5.92. The van der Waals surface area contributed by atoms with E-state index in [0.29, 0.717) is 18.2 Å². The molecule has 0 aliphatic carbocycles. The van der Waals surface area contributed by atoms with Gasteiger partial charge in [0.2, 0.25) is 0 Å². The van der Waals surface area contributed by atoms with Gasteiger partial charge in [-0.2, -0.15) is 0 Å². The Morgan fingerprint density at radius 1 is 1.67 bits per heavy atom. The highest BCUT2D eigenvalue weighted by Crippen LogP contribution is 2.02. The fourth-order valence-corrected chi connectivity index (χ4v) is 1.31. The van der Waals surface area contributed by atoms with Gasteiger partial charge in [0.1, 0.15) is 5.69 Å². The second-order valence-electron chi connectivity index (χ2n) is 3.77. The molecule has 15 heavy (non-hydrogen) atoms. The van der Waals surface area contributed by atoms with Crippen LogP contribution in [0.4, 0.5) is 0 Å². The average molecular weight is 210 g/mol. The molecule has 0 spiro atoms. The maximum Gasteiger partial charge on any atom is 0.267 e. The van der Waals surface area contributed by atoms with Crippen molar-refractivity contribution < 1.29 is 9.90 Å². The zero-order chi connectivity index (χ0) is 11.1. The van der Waals surface area contributed by atoms with Crippen molar-refractivity contribution in [1.29, 1.82) is 0 Å². The van der Waals surface area contributed by atoms with Crippen LogP contribution in [0.5, 0.6) is 0 Å². The molecule has 0 bridgehead atoms. The summed E-state index contributed by atoms with van der Waals surface area (Å²) >= 11 is 0. The van der Waals surface area contributed by atoms with Crippen LogP contribution in [0.2, 0.25) is 0 Å². The molecule has 1 aromatic rings. The third-order valence-corrected chi connectivity index (χ3v) is 2.31. The first-order chi connectivity index (χ1) is 7.24. The van der Waals surface area contributed by atoms with Crippen LogP contribution in [0.3, 0.4) is 0 Å². The van der Waals surface area contributed by atoms with Crippen LogP contribution in [-0.4, -0.2) is 29.1 Å². The largest absolute Gasteiger partial charge is 0.396 e. The van der Waals surface area contributed by atoms with Crippen molar-refractivity contribution in [2.24, 2.45) is 5.92 Å². The summed E-state index contributed by atoms with van der Waals surface area (Å²) in [5, 5.41) is 11.6. The van der Waals surface area contributed by atoms with Crippen molar-refractivity contribution in [2.45, 2.75) is 19.8 Å². The molecule has 0 saturated carbocycles. The first-order valence-electron chi connectivity index (χ1n) is 5.26. The average Bonchev–Trinajstić information content (AvgIpc) is 2.77. The summed E-state index contributed by atoms with van der Waals surface area (Å²) in [4.78, 5) is 14.3. The Hall–Kier alpha value is -1.29. The predicted octanol–water partition coefficient (Wildman–Crippen LogP) is 1.15. The second kappa shape index (κ2) is 6.24. The molecule has 1 heterocycles. The molecule has 1 atom stereocenters. The highest BCUT2D eigenvalue weighted by atomic mass is 16.3. The number of rotatable bonds is 6. The van der Waals surface area contributed by atoms with Gasteiger partial charge in [-0.25, -0.2) is 0 Å². The molecule has 3 N–H and O–H groups in total. The van der Waals surface area contributed by atoms with Gasteiger partial charge in [0, 0.05) is 19.3 Å². The van der Waals surface area contributed by atoms with Crippen molar-refractivity contribution in [3.63, 3.8) is 0 Å². The summed E-state index contributed by atoms with van der Waals surface area (Å²) in [6.07, 6.45) is 3.55. The molecule has 1 rings (SSSR count). The van der Waals surface area contributed by atoms with Crippen molar-refractivity contribution in [2.75, 3.05) is 13.2 Å². The number of carbonyl (C=O) groups excluding carboxylic acids is 1. The number of aromatic amines is 1. The quantitative estimate of drug-likeness (QED) is 0.617. The summed E-state index contributed by atoms with van der Waals surface area (Å²) < 4.78 is 0. The minimum atomic E-state index is -0.0725. The van der Waals surface area contributed by atoms with E-state index in [4.69, 9.17) is 5.11 Å². The smallest absolute Gasteiger partial charge is 0.267 e. The van der Waals surface area contributed by atoms with Crippen molar-refractivity contribution in [3.05, 3.63) is 24.0 Å². The second-order valence-corrected chi connectivity index (χ2v) is 3.77. The number of aliphatic hydroxyl groups is 1. The van der Waals surface area contributed by atoms with E-state index in [1.807, 2.05) is 6.92 Å². The van der Waals surface area contributed by atoms with E-state index >= 15 is 0 Å². The molecule has 0 fully saturated rings. The SMILES string of the molecule is CC(CO)CCCNC(=O)c1ccc[nH]1. The zero-order valence-corrected chi connectivity index (χ0v) is 8.99. The molecule has 4 heteroatoms. The van der Waals surface area contributed by atoms with Gasteiger partial charge < -0.3 is 15.4 Å². The summed E-state index contributed by atoms with van der Waals surface area (Å²) in [6, 6.07) is 3.54. The molecule has 0 aliphatic rings. The lowest BCUT2D eigenvalue weighted by molar-refractivity contribution is 0.0947. The number of hydrogen-bond donors (Lipinski definition) is 3. The van der Waals surface area contributed by atoms with Gasteiger partial charge in [-0.1, -0.05) is 6.92 Å². The number of nitrogens with one attached hydrogen (secondary N) is 2. The Labute approximate surface area is 89.7 Å². The van der Waals surface area contributed by atoms with Crippen LogP contribution in [0, 0.1) is 5.92 Å². The van der Waals surface area contributed by atoms with Crippen molar-refractivity contribution >= 4 is 5.91 Å². The topological polar surface area (TPSA) is 65.1 Å². The maximum atomic E-state index is 11.4. The number of aromatic nitrogens is 1. The van der Waals surface area contributed by atoms with E-state index in [1.54, 1.807) is 18.3 Å². The van der Waals surface area contributed by atoms with E-state index in [0.717, 1.165) is 12.8 Å². The molecule has 4 nitrogen and oxygen atoms in total. The third kappa shape index (κ3) is 4.16. The van der Waals surface area contributed by atoms with Gasteiger partial charge >= 0.3 is 0 Å². The van der Waals surface area contributed by atoms with Gasteiger partial charge in [-0.3, -0.25) is 4.79 Å². The Bertz CT molecular complexity index is 283. The Kier molecular flexibility index (Phi) is 4.90. The molecule has 84 valence electrons. The molecule has 0 aromatic carbocycles. The molecule has 0 saturated heterocycles. The minimum absolute atomic E-state index is 0.0725. The number of amides is 1. The fraction of sp³-hybridized carbons (Fsp3) is 0.545. The molecule has 1 aromatic heterocycles. The van der Waals surface area contributed by atoms with Crippen LogP contribution in [0.1, 0.15) is 30.3 Å². The number of aliphatic hydroxyl groups excluding tert-OH is 1. The van der Waals surface area contributed by atoms with E-state index in [1.165, 1.54) is 0 Å². The van der Waals surface area contributed by atoms with E-state index in [2.05, 4.69) is 10.3 Å². The monoisotopic (exact) mass is 210 g/mol. The zero-order valence-electron chi connectivity index (χ0n) is 8.99. The van der Waals surface area contributed by atoms with E-state index in [9.17, 15) is 4.79 Å². The van der Waals surface area contributed by atoms with E-state index < -0.39 is 0 Å². The predicted molar refractivity (Wildman–Crippen MR) is 58.6 cm³/mol. The van der Waals surface area contributed by atoms with Crippen LogP contribution in [-0.2, 0) is 0 Å². The summed E-state index contributed by atoms with van der Waals surface area (Å²) in [5.41, 5.74) is 0.588. The highest BCUT2D eigenvalue weighted by Gasteiger charge is 2.05. The van der Waals surface area contributed by atoms with Crippen LogP contribution in [0.25, 0.3) is 0 Å². The van der Waals surface area contributed by atoms with Gasteiger partial charge in [0.15, 0.2) is 0 Å². The van der Waals surface area contributed by atoms with Crippen LogP contribution < -0.4 is 5.32 Å². The molecular formula is C11H18N2O2. The lowest BCUT2D eigenvalue weighted by Gasteiger charge is -2.07. The normalized spacial score (nSPS) is 12.4. The Balaban J connectivity index is 2.13. The van der Waals surface area contributed by atoms with Crippen LogP contribution in [0.15, 0.2) is 18.3 Å². The lowest BCUT2D eigenvalue weighted by atomic mass is 10.1. The molecule has 0 aliphatic heterocycles. The van der Waals surface area contributed by atoms with E-state index in [-0.39, 0.29) is 12.5 Å². The Morgan fingerprint density at radius 2 is 2.47 bits per heavy atom. The Morgan fingerprint density at radius 3 is 3.07 bits per heavy atom. The standard InChI is InChI=1S/C11H18N2O2/c1-9(8-14)4-2-7-13-11(15)10-5-3-6-12-10/h3,5-6,9,12,14H,2,4,7-8H2,1H3,(H,13,15). The minimum Gasteiger partial charge on any atom is -0.396 e. The molecular weight excluding hydrogens is 192 g/mol. The summed E-state index contributed by atoms with van der Waals surface area (Å²) in [5.74, 6) is 0.240. The summed E-state index contributed by atoms with van der Waals surface area (Å²) in [6.45, 7) is 2.86. The van der Waals surface area contributed by atoms with Crippen LogP contribution >= 0.6 is 0 Å². The number of H-pyrrole nitrogens is 1. The number of hydrogen-bond acceptors (Lipinski definition) is 2. The third-order valence-electron chi connectivity index (χ3n) is 2.31. The van der Waals surface area contributed by atoms with Crippen molar-refractivity contribution in [3.8, 4) is 0 Å². The molecule has 1 amide bonds. The van der Waals surface area contributed by atoms with Gasteiger partial charge in [0.05, 0.1) is 0 Å². The fourth-order valence-electron chi connectivity index (χ4n) is 1.31. The molecule has 1 unspecified atom stereocenters. The first-order valence-corrected chi connectivity index (χ1v) is 5.26. The summed E-state index contributed by atoms with van der Waals surface area (Å²) in [7, 11) is 0. The van der Waals surface area contributed by atoms with Gasteiger partial charge in [0.25, 0.3) is 5.91 Å². The lowest BCUT2D eigenvalue weighted by Crippen LogP contribution is -2.25. The first kappa shape index (κ1) is 11.8. The molecule has 0 radical (unpaired) electrons. The van der Waals surface area contributed by atoms with Gasteiger partial charge in [-0.05, 0) is 30.9 Å². The van der Waals surface area contributed by atoms with Crippen molar-refractivity contribution in [1.82, 2.24) is 10.3 Å². The maximum absolute atomic E-state index is 11.4.